The summed E-state index contributed by atoms with van der Waals surface area (Å²) in [5.74, 6) is 1.39. The van der Waals surface area contributed by atoms with Crippen LogP contribution >= 0.6 is 0 Å². The van der Waals surface area contributed by atoms with Crippen LogP contribution in [-0.2, 0) is 4.79 Å². The van der Waals surface area contributed by atoms with Crippen LogP contribution in [0, 0.1) is 20.8 Å². The Morgan fingerprint density at radius 1 is 1.00 bits per heavy atom. The van der Waals surface area contributed by atoms with Crippen molar-refractivity contribution >= 4 is 5.91 Å². The van der Waals surface area contributed by atoms with Gasteiger partial charge in [0.2, 0.25) is 0 Å². The Labute approximate surface area is 137 Å². The third kappa shape index (κ3) is 5.33. The van der Waals surface area contributed by atoms with Gasteiger partial charge in [-0.05, 0) is 50.1 Å². The number of hydrogen-bond acceptors (Lipinski definition) is 3. The van der Waals surface area contributed by atoms with Crippen molar-refractivity contribution in [2.75, 3.05) is 19.8 Å². The monoisotopic (exact) mass is 313 g/mol. The van der Waals surface area contributed by atoms with E-state index in [0.29, 0.717) is 13.2 Å². The first-order valence-corrected chi connectivity index (χ1v) is 7.71. The lowest BCUT2D eigenvalue weighted by Gasteiger charge is -2.11. The van der Waals surface area contributed by atoms with Crippen LogP contribution < -0.4 is 14.8 Å². The lowest BCUT2D eigenvalue weighted by atomic mass is 10.1. The Balaban J connectivity index is 1.67. The molecule has 0 saturated heterocycles. The van der Waals surface area contributed by atoms with E-state index in [9.17, 15) is 4.79 Å². The van der Waals surface area contributed by atoms with E-state index in [1.165, 1.54) is 5.56 Å². The fraction of sp³-hybridized carbons (Fsp3) is 0.316. The minimum atomic E-state index is -0.154. The molecule has 0 fully saturated rings. The molecule has 0 saturated carbocycles. The van der Waals surface area contributed by atoms with Crippen molar-refractivity contribution in [1.82, 2.24) is 5.32 Å². The third-order valence-corrected chi connectivity index (χ3v) is 3.63. The lowest BCUT2D eigenvalue weighted by molar-refractivity contribution is -0.123. The normalized spacial score (nSPS) is 10.2. The summed E-state index contributed by atoms with van der Waals surface area (Å²) in [4.78, 5) is 11.8. The van der Waals surface area contributed by atoms with Crippen LogP contribution in [0.4, 0.5) is 0 Å². The molecule has 1 N–H and O–H groups in total. The number of aryl methyl sites for hydroxylation is 2. The zero-order valence-corrected chi connectivity index (χ0v) is 13.9. The number of amides is 1. The molecule has 0 heterocycles. The van der Waals surface area contributed by atoms with E-state index >= 15 is 0 Å². The van der Waals surface area contributed by atoms with Gasteiger partial charge in [-0.15, -0.1) is 0 Å². The van der Waals surface area contributed by atoms with Gasteiger partial charge in [0.05, 0.1) is 6.54 Å². The van der Waals surface area contributed by atoms with E-state index in [1.54, 1.807) is 0 Å². The maximum absolute atomic E-state index is 11.8. The predicted octanol–water partition coefficient (Wildman–Crippen LogP) is 3.19. The third-order valence-electron chi connectivity index (χ3n) is 3.63. The standard InChI is InChI=1S/C19H23NO3/c1-14-7-9-17(10-8-14)22-12-11-20-19(21)13-23-18-6-4-5-15(2)16(18)3/h4-10H,11-13H2,1-3H3,(H,20,21). The fourth-order valence-corrected chi connectivity index (χ4v) is 2.07. The van der Waals surface area contributed by atoms with Crippen LogP contribution in [0.5, 0.6) is 11.5 Å². The summed E-state index contributed by atoms with van der Waals surface area (Å²) in [6.45, 7) is 6.92. The lowest BCUT2D eigenvalue weighted by Crippen LogP contribution is -2.32. The quantitative estimate of drug-likeness (QED) is 0.799. The van der Waals surface area contributed by atoms with Crippen molar-refractivity contribution in [3.05, 3.63) is 59.2 Å². The van der Waals surface area contributed by atoms with Gasteiger partial charge < -0.3 is 14.8 Å². The van der Waals surface area contributed by atoms with Crippen LogP contribution in [0.25, 0.3) is 0 Å². The van der Waals surface area contributed by atoms with Gasteiger partial charge in [0.1, 0.15) is 18.1 Å². The predicted molar refractivity (Wildman–Crippen MR) is 91.1 cm³/mol. The van der Waals surface area contributed by atoms with Crippen LogP contribution in [0.3, 0.4) is 0 Å². The molecule has 0 aromatic heterocycles. The first-order valence-electron chi connectivity index (χ1n) is 7.71. The second kappa shape index (κ2) is 8.22. The molecule has 0 radical (unpaired) electrons. The Morgan fingerprint density at radius 3 is 2.48 bits per heavy atom. The molecule has 0 atom stereocenters. The Hall–Kier alpha value is -2.49. The molecule has 23 heavy (non-hydrogen) atoms. The zero-order chi connectivity index (χ0) is 16.7. The number of nitrogens with one attached hydrogen (secondary N) is 1. The van der Waals surface area contributed by atoms with Gasteiger partial charge >= 0.3 is 0 Å². The van der Waals surface area contributed by atoms with Gasteiger partial charge in [0, 0.05) is 0 Å². The fourth-order valence-electron chi connectivity index (χ4n) is 2.07. The van der Waals surface area contributed by atoms with Gasteiger partial charge in [-0.1, -0.05) is 29.8 Å². The average molecular weight is 313 g/mol. The van der Waals surface area contributed by atoms with Gasteiger partial charge in [-0.2, -0.15) is 0 Å². The summed E-state index contributed by atoms with van der Waals surface area (Å²) in [5.41, 5.74) is 3.40. The minimum absolute atomic E-state index is 0.00875. The highest BCUT2D eigenvalue weighted by Crippen LogP contribution is 2.20. The largest absolute Gasteiger partial charge is 0.492 e. The highest BCUT2D eigenvalue weighted by molar-refractivity contribution is 5.77. The Bertz CT molecular complexity index is 650. The molecule has 2 aromatic carbocycles. The SMILES string of the molecule is Cc1ccc(OCCNC(=O)COc2cccc(C)c2C)cc1. The first-order chi connectivity index (χ1) is 11.1. The maximum Gasteiger partial charge on any atom is 0.258 e. The first kappa shape index (κ1) is 16.9. The molecule has 0 bridgehead atoms. The van der Waals surface area contributed by atoms with Gasteiger partial charge in [0.25, 0.3) is 5.91 Å². The molecule has 4 nitrogen and oxygen atoms in total. The number of ether oxygens (including phenoxy) is 2. The van der Waals surface area contributed by atoms with Crippen LogP contribution in [0.15, 0.2) is 42.5 Å². The van der Waals surface area contributed by atoms with Crippen molar-refractivity contribution in [3.8, 4) is 11.5 Å². The van der Waals surface area contributed by atoms with Crippen molar-refractivity contribution in [2.24, 2.45) is 0 Å². The van der Waals surface area contributed by atoms with Gasteiger partial charge in [-0.25, -0.2) is 0 Å². The van der Waals surface area contributed by atoms with Crippen molar-refractivity contribution < 1.29 is 14.3 Å². The maximum atomic E-state index is 11.8. The van der Waals surface area contributed by atoms with Crippen molar-refractivity contribution in [2.45, 2.75) is 20.8 Å². The molecule has 4 heteroatoms. The number of carbonyl (C=O) groups excluding carboxylic acids is 1. The highest BCUT2D eigenvalue weighted by atomic mass is 16.5. The molecule has 122 valence electrons. The van der Waals surface area contributed by atoms with Crippen molar-refractivity contribution in [3.63, 3.8) is 0 Å². The number of hydrogen-bond donors (Lipinski definition) is 1. The molecule has 1 amide bonds. The molecule has 0 unspecified atom stereocenters. The van der Waals surface area contributed by atoms with Crippen molar-refractivity contribution in [1.29, 1.82) is 0 Å². The van der Waals surface area contributed by atoms with Gasteiger partial charge in [-0.3, -0.25) is 4.79 Å². The van der Waals surface area contributed by atoms with E-state index in [0.717, 1.165) is 22.6 Å². The summed E-state index contributed by atoms with van der Waals surface area (Å²) in [6.07, 6.45) is 0. The summed E-state index contributed by atoms with van der Waals surface area (Å²) < 4.78 is 11.1. The summed E-state index contributed by atoms with van der Waals surface area (Å²) in [5, 5.41) is 2.78. The van der Waals surface area contributed by atoms with E-state index in [4.69, 9.17) is 9.47 Å². The second-order valence-corrected chi connectivity index (χ2v) is 5.50. The summed E-state index contributed by atoms with van der Waals surface area (Å²) >= 11 is 0. The Morgan fingerprint density at radius 2 is 1.74 bits per heavy atom. The van der Waals surface area contributed by atoms with Gasteiger partial charge in [0.15, 0.2) is 6.61 Å². The molecule has 2 rings (SSSR count). The molecule has 2 aromatic rings. The smallest absolute Gasteiger partial charge is 0.258 e. The highest BCUT2D eigenvalue weighted by Gasteiger charge is 2.05. The average Bonchev–Trinajstić information content (AvgIpc) is 2.54. The van der Waals surface area contributed by atoms with Crippen LogP contribution in [-0.4, -0.2) is 25.7 Å². The summed E-state index contributed by atoms with van der Waals surface area (Å²) in [6, 6.07) is 13.6. The molecule has 0 aliphatic carbocycles. The molecular formula is C19H23NO3. The molecule has 0 aliphatic heterocycles. The number of rotatable bonds is 7. The molecule has 0 aliphatic rings. The van der Waals surface area contributed by atoms with E-state index in [2.05, 4.69) is 5.32 Å². The van der Waals surface area contributed by atoms with Crippen LogP contribution in [0.1, 0.15) is 16.7 Å². The molecule has 0 spiro atoms. The second-order valence-electron chi connectivity index (χ2n) is 5.50. The number of benzene rings is 2. The summed E-state index contributed by atoms with van der Waals surface area (Å²) in [7, 11) is 0. The van der Waals surface area contributed by atoms with E-state index in [-0.39, 0.29) is 12.5 Å². The minimum Gasteiger partial charge on any atom is -0.492 e. The molecular weight excluding hydrogens is 290 g/mol. The topological polar surface area (TPSA) is 47.6 Å². The van der Waals surface area contributed by atoms with E-state index < -0.39 is 0 Å². The van der Waals surface area contributed by atoms with Crippen LogP contribution in [0.2, 0.25) is 0 Å². The van der Waals surface area contributed by atoms with E-state index in [1.807, 2.05) is 63.2 Å². The zero-order valence-electron chi connectivity index (χ0n) is 13.9. The Kier molecular flexibility index (Phi) is 6.03. The number of carbonyl (C=O) groups is 1.